The highest BCUT2D eigenvalue weighted by molar-refractivity contribution is 5.72. The summed E-state index contributed by atoms with van der Waals surface area (Å²) in [5, 5.41) is 27.2. The second-order valence-electron chi connectivity index (χ2n) is 3.51. The number of unbranched alkanes of at least 4 members (excludes halogenated alkanes) is 2. The average molecular weight is 306 g/mol. The first kappa shape index (κ1) is 27.5. The maximum atomic E-state index is 10.1. The number of isocyanates is 2. The summed E-state index contributed by atoms with van der Waals surface area (Å²) in [6.45, 7) is 3.00. The highest BCUT2D eigenvalue weighted by Gasteiger charge is 2.09. The zero-order chi connectivity index (χ0) is 17.5. The highest BCUT2D eigenvalue weighted by Crippen LogP contribution is 1.96. The molecule has 0 radical (unpaired) electrons. The molecule has 1 unspecified atom stereocenters. The van der Waals surface area contributed by atoms with E-state index in [4.69, 9.17) is 42.1 Å². The Hall–Kier alpha value is -1.89. The van der Waals surface area contributed by atoms with Crippen LogP contribution in [-0.2, 0) is 14.4 Å². The van der Waals surface area contributed by atoms with Crippen LogP contribution in [0.15, 0.2) is 0 Å². The van der Waals surface area contributed by atoms with E-state index in [2.05, 4.69) is 6.92 Å². The third kappa shape index (κ3) is 56.6. The molecule has 0 aliphatic rings. The van der Waals surface area contributed by atoms with Crippen molar-refractivity contribution in [3.63, 3.8) is 0 Å². The average Bonchev–Trinajstić information content (AvgIpc) is 2.42. The monoisotopic (exact) mass is 306 g/mol. The number of aliphatic hydroxyl groups excluding tert-OH is 1. The summed E-state index contributed by atoms with van der Waals surface area (Å²) in [5.74, 6) is -0.933. The minimum atomic E-state index is -0.933. The van der Waals surface area contributed by atoms with Gasteiger partial charge < -0.3 is 21.7 Å². The van der Waals surface area contributed by atoms with Crippen LogP contribution in [0.2, 0.25) is 0 Å². The summed E-state index contributed by atoms with van der Waals surface area (Å²) in [6.07, 6.45) is 5.70. The van der Waals surface area contributed by atoms with Crippen molar-refractivity contribution in [2.75, 3.05) is 13.2 Å². The SMILES string of the molecule is CCCCO.N=C=O.N=C=O.NCCCCC(N)C(=O)O. The Morgan fingerprint density at radius 2 is 1.62 bits per heavy atom. The van der Waals surface area contributed by atoms with Crippen LogP contribution < -0.4 is 11.5 Å². The topological polar surface area (TPSA) is 191 Å². The van der Waals surface area contributed by atoms with Crippen molar-refractivity contribution in [1.29, 1.82) is 10.8 Å². The van der Waals surface area contributed by atoms with Crippen LogP contribution in [0.5, 0.6) is 0 Å². The van der Waals surface area contributed by atoms with E-state index in [0.717, 1.165) is 37.8 Å². The molecular weight excluding hydrogens is 280 g/mol. The fourth-order valence-electron chi connectivity index (χ4n) is 0.790. The summed E-state index contributed by atoms with van der Waals surface area (Å²) in [4.78, 5) is 26.8. The number of carbonyl (C=O) groups excluding carboxylic acids is 2. The Kier molecular flexibility index (Phi) is 40.3. The Morgan fingerprint density at radius 1 is 1.19 bits per heavy atom. The molecule has 9 nitrogen and oxygen atoms in total. The molecule has 21 heavy (non-hydrogen) atoms. The molecule has 0 saturated heterocycles. The Labute approximate surface area is 124 Å². The fourth-order valence-corrected chi connectivity index (χ4v) is 0.790. The fraction of sp³-hybridized carbons (Fsp3) is 0.750. The lowest BCUT2D eigenvalue weighted by Crippen LogP contribution is -2.29. The quantitative estimate of drug-likeness (QED) is 0.218. The maximum Gasteiger partial charge on any atom is 0.320 e. The van der Waals surface area contributed by atoms with Gasteiger partial charge in [0.25, 0.3) is 0 Å². The molecule has 0 aromatic rings. The van der Waals surface area contributed by atoms with Crippen molar-refractivity contribution in [1.82, 2.24) is 0 Å². The lowest BCUT2D eigenvalue weighted by atomic mass is 10.1. The second kappa shape index (κ2) is 30.8. The van der Waals surface area contributed by atoms with Gasteiger partial charge in [-0.3, -0.25) is 4.79 Å². The molecule has 0 rings (SSSR count). The number of carbonyl (C=O) groups is 1. The van der Waals surface area contributed by atoms with Crippen LogP contribution in [0.25, 0.3) is 0 Å². The van der Waals surface area contributed by atoms with Crippen LogP contribution in [0, 0.1) is 10.8 Å². The molecule has 0 aliphatic heterocycles. The first-order chi connectivity index (χ1) is 9.92. The summed E-state index contributed by atoms with van der Waals surface area (Å²) in [7, 11) is 0. The van der Waals surface area contributed by atoms with Gasteiger partial charge in [-0.2, -0.15) is 0 Å². The van der Waals surface area contributed by atoms with Crippen LogP contribution >= 0.6 is 0 Å². The predicted octanol–water partition coefficient (Wildman–Crippen LogP) is 0.108. The van der Waals surface area contributed by atoms with Crippen molar-refractivity contribution in [2.45, 2.75) is 45.1 Å². The summed E-state index contributed by atoms with van der Waals surface area (Å²) < 4.78 is 0. The van der Waals surface area contributed by atoms with E-state index in [0.29, 0.717) is 19.6 Å². The number of carboxylic acids is 1. The molecule has 0 heterocycles. The van der Waals surface area contributed by atoms with Gasteiger partial charge in [-0.25, -0.2) is 20.4 Å². The van der Waals surface area contributed by atoms with Crippen molar-refractivity contribution in [2.24, 2.45) is 11.5 Å². The summed E-state index contributed by atoms with van der Waals surface area (Å²) in [6, 6.07) is -0.716. The van der Waals surface area contributed by atoms with Gasteiger partial charge in [0.1, 0.15) is 6.04 Å². The Morgan fingerprint density at radius 3 is 1.81 bits per heavy atom. The number of hydrogen-bond acceptors (Lipinski definition) is 8. The largest absolute Gasteiger partial charge is 0.480 e. The molecule has 0 bridgehead atoms. The minimum absolute atomic E-state index is 0.344. The van der Waals surface area contributed by atoms with Crippen molar-refractivity contribution in [3.05, 3.63) is 0 Å². The smallest absolute Gasteiger partial charge is 0.320 e. The molecular formula is C12H26N4O5. The molecule has 0 aromatic heterocycles. The van der Waals surface area contributed by atoms with Gasteiger partial charge in [0.05, 0.1) is 0 Å². The van der Waals surface area contributed by atoms with E-state index in [-0.39, 0.29) is 0 Å². The number of aliphatic hydroxyl groups is 1. The van der Waals surface area contributed by atoms with E-state index in [9.17, 15) is 4.79 Å². The van der Waals surface area contributed by atoms with Gasteiger partial charge in [0.15, 0.2) is 0 Å². The van der Waals surface area contributed by atoms with Crippen LogP contribution in [0.3, 0.4) is 0 Å². The third-order valence-electron chi connectivity index (χ3n) is 1.80. The number of nitrogens with two attached hydrogens (primary N) is 2. The van der Waals surface area contributed by atoms with Crippen LogP contribution in [0.1, 0.15) is 39.0 Å². The molecule has 8 N–H and O–H groups in total. The van der Waals surface area contributed by atoms with Gasteiger partial charge in [-0.05, 0) is 25.8 Å². The lowest BCUT2D eigenvalue weighted by Gasteiger charge is -2.03. The molecule has 0 aromatic carbocycles. The zero-order valence-corrected chi connectivity index (χ0v) is 12.3. The van der Waals surface area contributed by atoms with E-state index >= 15 is 0 Å². The van der Waals surface area contributed by atoms with Crippen molar-refractivity contribution < 1.29 is 24.6 Å². The maximum absolute atomic E-state index is 10.1. The molecule has 0 fully saturated rings. The summed E-state index contributed by atoms with van der Waals surface area (Å²) >= 11 is 0. The number of rotatable bonds is 7. The van der Waals surface area contributed by atoms with Crippen molar-refractivity contribution >= 4 is 18.1 Å². The number of nitrogens with one attached hydrogen (secondary N) is 2. The standard InChI is InChI=1S/C6H14N2O2.C4H10O.2CHNO/c7-4-2-1-3-5(8)6(9)10;1-2-3-4-5;2*2-1-3/h5H,1-4,7-8H2,(H,9,10);5H,2-4H2,1H3;2*2H. The highest BCUT2D eigenvalue weighted by atomic mass is 16.4. The Balaban J connectivity index is -0.000000110. The van der Waals surface area contributed by atoms with Crippen LogP contribution in [0.4, 0.5) is 0 Å². The number of hydrogen-bond donors (Lipinski definition) is 6. The molecule has 124 valence electrons. The lowest BCUT2D eigenvalue weighted by molar-refractivity contribution is -0.138. The minimum Gasteiger partial charge on any atom is -0.480 e. The molecule has 0 saturated carbocycles. The first-order valence-electron chi connectivity index (χ1n) is 6.30. The normalized spacial score (nSPS) is 8.95. The van der Waals surface area contributed by atoms with E-state index in [1.165, 1.54) is 0 Å². The van der Waals surface area contributed by atoms with Crippen LogP contribution in [-0.4, -0.2) is 47.5 Å². The first-order valence-corrected chi connectivity index (χ1v) is 6.30. The molecule has 0 aliphatic carbocycles. The van der Waals surface area contributed by atoms with E-state index < -0.39 is 12.0 Å². The number of carboxylic acid groups (broad SMARTS) is 1. The zero-order valence-electron chi connectivity index (χ0n) is 12.3. The van der Waals surface area contributed by atoms with Gasteiger partial charge in [0, 0.05) is 6.61 Å². The van der Waals surface area contributed by atoms with Gasteiger partial charge >= 0.3 is 5.97 Å². The van der Waals surface area contributed by atoms with Crippen molar-refractivity contribution in [3.8, 4) is 0 Å². The van der Waals surface area contributed by atoms with Gasteiger partial charge in [-0.1, -0.05) is 19.8 Å². The third-order valence-corrected chi connectivity index (χ3v) is 1.80. The second-order valence-corrected chi connectivity index (χ2v) is 3.51. The molecule has 1 atom stereocenters. The predicted molar refractivity (Wildman–Crippen MR) is 77.3 cm³/mol. The molecule has 0 amide bonds. The number of aliphatic carboxylic acids is 1. The van der Waals surface area contributed by atoms with Gasteiger partial charge in [-0.15, -0.1) is 0 Å². The molecule has 9 heteroatoms. The molecule has 0 spiro atoms. The van der Waals surface area contributed by atoms with Gasteiger partial charge in [0.2, 0.25) is 12.2 Å². The summed E-state index contributed by atoms with van der Waals surface area (Å²) in [5.41, 5.74) is 10.4. The Bertz CT molecular complexity index is 261. The van der Waals surface area contributed by atoms with E-state index in [1.54, 1.807) is 0 Å². The van der Waals surface area contributed by atoms with E-state index in [1.807, 2.05) is 0 Å².